The van der Waals surface area contributed by atoms with E-state index < -0.39 is 17.8 Å². The van der Waals surface area contributed by atoms with Crippen LogP contribution in [0.15, 0.2) is 48.5 Å². The van der Waals surface area contributed by atoms with Crippen LogP contribution in [0.4, 0.5) is 4.39 Å². The van der Waals surface area contributed by atoms with Gasteiger partial charge < -0.3 is 15.0 Å². The molecule has 2 aromatic carbocycles. The van der Waals surface area contributed by atoms with E-state index in [0.29, 0.717) is 18.7 Å². The van der Waals surface area contributed by atoms with Crippen LogP contribution in [0, 0.1) is 5.82 Å². The highest BCUT2D eigenvalue weighted by atomic mass is 19.1. The minimum absolute atomic E-state index is 0.0580. The molecule has 1 aliphatic heterocycles. The number of aromatic nitrogens is 3. The zero-order chi connectivity index (χ0) is 24.2. The molecule has 2 amide bonds. The van der Waals surface area contributed by atoms with Gasteiger partial charge in [-0.2, -0.15) is 0 Å². The first-order valence-corrected chi connectivity index (χ1v) is 12.3. The molecule has 0 bridgehead atoms. The number of carbonyl (C=O) groups is 2. The maximum absolute atomic E-state index is 15.1. The Bertz CT molecular complexity index is 1190. The molecule has 1 N–H and O–H groups in total. The molecule has 0 radical (unpaired) electrons. The molecule has 5 rings (SSSR count). The third kappa shape index (κ3) is 5.05. The van der Waals surface area contributed by atoms with Crippen molar-refractivity contribution in [2.24, 2.45) is 0 Å². The number of amides is 2. The van der Waals surface area contributed by atoms with Gasteiger partial charge in [0.1, 0.15) is 23.9 Å². The molecule has 3 aromatic rings. The topological polar surface area (TPSA) is 89.4 Å². The fourth-order valence-corrected chi connectivity index (χ4v) is 5.22. The molecular formula is C26H30FN5O3. The van der Waals surface area contributed by atoms with E-state index >= 15 is 4.39 Å². The fourth-order valence-electron chi connectivity index (χ4n) is 5.22. The van der Waals surface area contributed by atoms with Crippen molar-refractivity contribution in [3.8, 4) is 0 Å². The normalized spacial score (nSPS) is 19.2. The average molecular weight is 480 g/mol. The summed E-state index contributed by atoms with van der Waals surface area (Å²) in [7, 11) is 0. The number of halogens is 1. The van der Waals surface area contributed by atoms with Crippen molar-refractivity contribution in [2.75, 3.05) is 13.2 Å². The predicted octanol–water partition coefficient (Wildman–Crippen LogP) is 3.38. The van der Waals surface area contributed by atoms with Gasteiger partial charge in [0.05, 0.1) is 11.6 Å². The summed E-state index contributed by atoms with van der Waals surface area (Å²) in [6.07, 6.45) is 5.23. The number of nitrogens with zero attached hydrogens (tertiary/aromatic N) is 4. The van der Waals surface area contributed by atoms with E-state index in [1.54, 1.807) is 27.8 Å². The van der Waals surface area contributed by atoms with Crippen molar-refractivity contribution in [1.29, 1.82) is 0 Å². The first kappa shape index (κ1) is 23.4. The number of hydrogen-bond acceptors (Lipinski definition) is 5. The molecule has 1 aliphatic carbocycles. The van der Waals surface area contributed by atoms with Crippen LogP contribution in [0.1, 0.15) is 50.1 Å². The lowest BCUT2D eigenvalue weighted by atomic mass is 10.00. The van der Waals surface area contributed by atoms with Crippen LogP contribution in [0.5, 0.6) is 0 Å². The second kappa shape index (κ2) is 10.5. The quantitative estimate of drug-likeness (QED) is 0.535. The van der Waals surface area contributed by atoms with E-state index in [4.69, 9.17) is 4.74 Å². The summed E-state index contributed by atoms with van der Waals surface area (Å²) in [6, 6.07) is 12.4. The average Bonchev–Trinajstić information content (AvgIpc) is 3.64. The lowest BCUT2D eigenvalue weighted by molar-refractivity contribution is -0.144. The van der Waals surface area contributed by atoms with Crippen LogP contribution in [0.2, 0.25) is 0 Å². The molecule has 2 heterocycles. The van der Waals surface area contributed by atoms with Crippen molar-refractivity contribution in [3.63, 3.8) is 0 Å². The van der Waals surface area contributed by atoms with Crippen LogP contribution in [0.25, 0.3) is 11.0 Å². The van der Waals surface area contributed by atoms with Gasteiger partial charge >= 0.3 is 0 Å². The molecule has 8 nitrogen and oxygen atoms in total. The second-order valence-corrected chi connectivity index (χ2v) is 9.28. The van der Waals surface area contributed by atoms with Gasteiger partial charge in [-0.25, -0.2) is 9.07 Å². The number of carbonyl (C=O) groups excluding carboxylic acids is 2. The first-order chi connectivity index (χ1) is 17.1. The highest BCUT2D eigenvalue weighted by molar-refractivity contribution is 5.89. The van der Waals surface area contributed by atoms with E-state index in [1.807, 2.05) is 24.3 Å². The maximum Gasteiger partial charge on any atom is 0.247 e. The van der Waals surface area contributed by atoms with Crippen molar-refractivity contribution in [2.45, 2.75) is 63.3 Å². The zero-order valence-corrected chi connectivity index (χ0v) is 19.6. The van der Waals surface area contributed by atoms with E-state index in [2.05, 4.69) is 15.6 Å². The Labute approximate surface area is 203 Å². The van der Waals surface area contributed by atoms with E-state index in [-0.39, 0.29) is 30.2 Å². The maximum atomic E-state index is 15.1. The highest BCUT2D eigenvalue weighted by Gasteiger charge is 2.39. The minimum Gasteiger partial charge on any atom is -0.376 e. The fraction of sp³-hybridized carbons (Fsp3) is 0.462. The molecule has 9 heteroatoms. The molecule has 35 heavy (non-hydrogen) atoms. The van der Waals surface area contributed by atoms with E-state index in [0.717, 1.165) is 44.0 Å². The monoisotopic (exact) mass is 479 g/mol. The van der Waals surface area contributed by atoms with Gasteiger partial charge in [-0.05, 0) is 43.9 Å². The highest BCUT2D eigenvalue weighted by Crippen LogP contribution is 2.33. The summed E-state index contributed by atoms with van der Waals surface area (Å²) in [6.45, 7) is 0.932. The van der Waals surface area contributed by atoms with Gasteiger partial charge in [0, 0.05) is 24.8 Å². The predicted molar refractivity (Wildman–Crippen MR) is 128 cm³/mol. The van der Waals surface area contributed by atoms with E-state index in [1.165, 1.54) is 6.07 Å². The summed E-state index contributed by atoms with van der Waals surface area (Å²) in [5, 5.41) is 11.2. The zero-order valence-electron chi connectivity index (χ0n) is 19.6. The molecule has 2 fully saturated rings. The minimum atomic E-state index is -1.08. The summed E-state index contributed by atoms with van der Waals surface area (Å²) in [5.41, 5.74) is 1.62. The van der Waals surface area contributed by atoms with Crippen molar-refractivity contribution >= 4 is 22.8 Å². The Morgan fingerprint density at radius 2 is 1.86 bits per heavy atom. The van der Waals surface area contributed by atoms with Gasteiger partial charge in [-0.1, -0.05) is 48.4 Å². The molecule has 2 aliphatic rings. The van der Waals surface area contributed by atoms with E-state index in [9.17, 15) is 9.59 Å². The van der Waals surface area contributed by atoms with Crippen molar-refractivity contribution in [1.82, 2.24) is 25.2 Å². The third-order valence-corrected chi connectivity index (χ3v) is 6.97. The van der Waals surface area contributed by atoms with Gasteiger partial charge in [-0.3, -0.25) is 9.59 Å². The second-order valence-electron chi connectivity index (χ2n) is 9.28. The lowest BCUT2D eigenvalue weighted by Gasteiger charge is -2.36. The van der Waals surface area contributed by atoms with Gasteiger partial charge in [0.25, 0.3) is 0 Å². The Hall–Kier alpha value is -3.33. The van der Waals surface area contributed by atoms with Crippen LogP contribution in [-0.4, -0.2) is 57.0 Å². The summed E-state index contributed by atoms with van der Waals surface area (Å²) < 4.78 is 22.3. The summed E-state index contributed by atoms with van der Waals surface area (Å²) in [5.74, 6) is -1.19. The number of benzene rings is 2. The molecule has 1 saturated heterocycles. The molecule has 184 valence electrons. The smallest absolute Gasteiger partial charge is 0.247 e. The Morgan fingerprint density at radius 3 is 2.63 bits per heavy atom. The molecule has 0 spiro atoms. The number of nitrogens with one attached hydrogen (secondary N) is 1. The van der Waals surface area contributed by atoms with Crippen LogP contribution >= 0.6 is 0 Å². The standard InChI is InChI=1S/C26H30FN5O3/c27-21-12-4-3-11-20(21)25(26(34)28-16-19-10-7-15-35-19)32(18-8-1-2-9-18)24(33)17-31-23-14-6-5-13-22(23)29-30-31/h3-6,11-14,18-19,25H,1-2,7-10,15-17H2,(H,28,34)/t19-,25+/m0/s1. The van der Waals surface area contributed by atoms with Gasteiger partial charge in [0.2, 0.25) is 11.8 Å². The lowest BCUT2D eigenvalue weighted by Crippen LogP contribution is -2.50. The third-order valence-electron chi connectivity index (χ3n) is 6.97. The van der Waals surface area contributed by atoms with Crippen molar-refractivity contribution < 1.29 is 18.7 Å². The molecular weight excluding hydrogens is 449 g/mol. The Balaban J connectivity index is 1.47. The summed E-state index contributed by atoms with van der Waals surface area (Å²) in [4.78, 5) is 29.0. The van der Waals surface area contributed by atoms with Crippen LogP contribution in [0.3, 0.4) is 0 Å². The number of ether oxygens (including phenoxy) is 1. The molecule has 1 aromatic heterocycles. The van der Waals surface area contributed by atoms with Crippen LogP contribution < -0.4 is 5.32 Å². The largest absolute Gasteiger partial charge is 0.376 e. The summed E-state index contributed by atoms with van der Waals surface area (Å²) >= 11 is 0. The van der Waals surface area contributed by atoms with Crippen molar-refractivity contribution in [3.05, 3.63) is 59.9 Å². The molecule has 1 saturated carbocycles. The first-order valence-electron chi connectivity index (χ1n) is 12.3. The van der Waals surface area contributed by atoms with Gasteiger partial charge in [0.15, 0.2) is 0 Å². The van der Waals surface area contributed by atoms with Crippen LogP contribution in [-0.2, 0) is 20.9 Å². The Morgan fingerprint density at radius 1 is 1.09 bits per heavy atom. The number of para-hydroxylation sites is 1. The van der Waals surface area contributed by atoms with Gasteiger partial charge in [-0.15, -0.1) is 5.10 Å². The molecule has 2 atom stereocenters. The number of rotatable bonds is 8. The SMILES string of the molecule is O=C(NC[C@@H]1CCCO1)[C@@H](c1ccccc1F)N(C(=O)Cn1nnc2ccccc21)C1CCCC1. The molecule has 0 unspecified atom stereocenters. The number of hydrogen-bond donors (Lipinski definition) is 1. The Kier molecular flexibility index (Phi) is 7.03. The number of fused-ring (bicyclic) bond motifs is 1.